The summed E-state index contributed by atoms with van der Waals surface area (Å²) in [5.41, 5.74) is -0.686. The van der Waals surface area contributed by atoms with Crippen molar-refractivity contribution in [2.75, 3.05) is 6.61 Å². The van der Waals surface area contributed by atoms with Crippen LogP contribution < -0.4 is 10.1 Å². The highest BCUT2D eigenvalue weighted by Crippen LogP contribution is 2.30. The Bertz CT molecular complexity index is 621. The number of rotatable bonds is 5. The quantitative estimate of drug-likeness (QED) is 0.670. The lowest BCUT2D eigenvalue weighted by molar-refractivity contribution is 0.0903. The molecule has 0 spiro atoms. The number of amides is 1. The first-order chi connectivity index (χ1) is 10.5. The molecule has 3 nitrogen and oxygen atoms in total. The van der Waals surface area contributed by atoms with Crippen molar-refractivity contribution in [1.82, 2.24) is 5.32 Å². The van der Waals surface area contributed by atoms with Crippen LogP contribution in [-0.2, 0) is 0 Å². The van der Waals surface area contributed by atoms with E-state index < -0.39 is 41.3 Å². The number of benzene rings is 1. The van der Waals surface area contributed by atoms with Gasteiger partial charge in [0.25, 0.3) is 5.91 Å². The monoisotopic (exact) mass is 311 g/mol. The first-order valence-corrected chi connectivity index (χ1v) is 7.00. The molecule has 1 fully saturated rings. The Labute approximate surface area is 126 Å². The number of carbonyl (C=O) groups excluding carboxylic acids is 1. The Kier molecular flexibility index (Phi) is 4.96. The summed E-state index contributed by atoms with van der Waals surface area (Å²) in [7, 11) is 0. The lowest BCUT2D eigenvalue weighted by atomic mass is 9.80. The van der Waals surface area contributed by atoms with Gasteiger partial charge in [-0.1, -0.05) is 12.3 Å². The normalized spacial score (nSPS) is 15.6. The molecule has 1 amide bonds. The summed E-state index contributed by atoms with van der Waals surface area (Å²) in [5, 5.41) is 2.57. The van der Waals surface area contributed by atoms with E-state index in [1.807, 2.05) is 5.92 Å². The third-order valence-corrected chi connectivity index (χ3v) is 3.88. The van der Waals surface area contributed by atoms with E-state index in [2.05, 4.69) is 10.1 Å². The maximum Gasteiger partial charge on any atom is 0.254 e. The van der Waals surface area contributed by atoms with Crippen LogP contribution in [0.15, 0.2) is 6.07 Å². The standard InChI is InChI=1S/C16H16F3NO2/c1-3-7-22-15-12(17)8-11(13(18)14(15)19)16(21)20-9(2)10-5-4-6-10/h1,8-10H,4-7H2,2H3,(H,20,21). The zero-order valence-corrected chi connectivity index (χ0v) is 12.1. The topological polar surface area (TPSA) is 38.3 Å². The van der Waals surface area contributed by atoms with Gasteiger partial charge < -0.3 is 10.1 Å². The molecule has 0 aromatic heterocycles. The zero-order chi connectivity index (χ0) is 16.3. The fourth-order valence-electron chi connectivity index (χ4n) is 2.33. The van der Waals surface area contributed by atoms with Crippen LogP contribution >= 0.6 is 0 Å². The van der Waals surface area contributed by atoms with E-state index in [1.54, 1.807) is 6.92 Å². The van der Waals surface area contributed by atoms with Crippen molar-refractivity contribution in [1.29, 1.82) is 0 Å². The molecule has 22 heavy (non-hydrogen) atoms. The second-order valence-electron chi connectivity index (χ2n) is 5.31. The van der Waals surface area contributed by atoms with Crippen LogP contribution in [0.2, 0.25) is 0 Å². The van der Waals surface area contributed by atoms with E-state index in [9.17, 15) is 18.0 Å². The maximum atomic E-state index is 13.9. The largest absolute Gasteiger partial charge is 0.475 e. The highest BCUT2D eigenvalue weighted by molar-refractivity contribution is 5.94. The number of hydrogen-bond acceptors (Lipinski definition) is 2. The van der Waals surface area contributed by atoms with Crippen LogP contribution in [0, 0.1) is 35.7 Å². The van der Waals surface area contributed by atoms with Crippen molar-refractivity contribution in [3.63, 3.8) is 0 Å². The van der Waals surface area contributed by atoms with Crippen LogP contribution in [0.25, 0.3) is 0 Å². The molecule has 0 heterocycles. The van der Waals surface area contributed by atoms with Gasteiger partial charge in [-0.25, -0.2) is 8.78 Å². The lowest BCUT2D eigenvalue weighted by Gasteiger charge is -2.31. The predicted molar refractivity (Wildman–Crippen MR) is 74.9 cm³/mol. The summed E-state index contributed by atoms with van der Waals surface area (Å²) in [6.45, 7) is 1.38. The third kappa shape index (κ3) is 3.19. The molecular formula is C16H16F3NO2. The minimum atomic E-state index is -1.56. The summed E-state index contributed by atoms with van der Waals surface area (Å²) in [6, 6.07) is 0.441. The molecule has 6 heteroatoms. The van der Waals surface area contributed by atoms with E-state index >= 15 is 0 Å². The summed E-state index contributed by atoms with van der Waals surface area (Å²) in [4.78, 5) is 12.0. The van der Waals surface area contributed by atoms with Crippen LogP contribution in [-0.4, -0.2) is 18.6 Å². The highest BCUT2D eigenvalue weighted by Gasteiger charge is 2.28. The zero-order valence-electron chi connectivity index (χ0n) is 12.1. The fourth-order valence-corrected chi connectivity index (χ4v) is 2.33. The first-order valence-electron chi connectivity index (χ1n) is 7.00. The second kappa shape index (κ2) is 6.73. The average Bonchev–Trinajstić information content (AvgIpc) is 2.40. The number of halogens is 3. The van der Waals surface area contributed by atoms with E-state index in [4.69, 9.17) is 6.42 Å². The molecule has 1 aliphatic carbocycles. The molecule has 0 bridgehead atoms. The smallest absolute Gasteiger partial charge is 0.254 e. The Morgan fingerprint density at radius 3 is 2.68 bits per heavy atom. The minimum Gasteiger partial charge on any atom is -0.475 e. The fraction of sp³-hybridized carbons (Fsp3) is 0.438. The molecule has 1 N–H and O–H groups in total. The lowest BCUT2D eigenvalue weighted by Crippen LogP contribution is -2.41. The Morgan fingerprint density at radius 1 is 1.45 bits per heavy atom. The molecule has 118 valence electrons. The molecular weight excluding hydrogens is 295 g/mol. The second-order valence-corrected chi connectivity index (χ2v) is 5.31. The molecule has 0 aliphatic heterocycles. The van der Waals surface area contributed by atoms with E-state index in [-0.39, 0.29) is 6.04 Å². The Morgan fingerprint density at radius 2 is 2.14 bits per heavy atom. The van der Waals surface area contributed by atoms with Gasteiger partial charge in [-0.05, 0) is 31.7 Å². The van der Waals surface area contributed by atoms with Gasteiger partial charge in [-0.2, -0.15) is 4.39 Å². The highest BCUT2D eigenvalue weighted by atomic mass is 19.2. The maximum absolute atomic E-state index is 13.9. The van der Waals surface area contributed by atoms with Gasteiger partial charge in [0, 0.05) is 6.04 Å². The molecule has 1 atom stereocenters. The number of terminal acetylenes is 1. The first kappa shape index (κ1) is 16.2. The van der Waals surface area contributed by atoms with Gasteiger partial charge in [0.05, 0.1) is 5.56 Å². The average molecular weight is 311 g/mol. The molecule has 1 aromatic carbocycles. The molecule has 1 aliphatic rings. The Balaban J connectivity index is 2.20. The van der Waals surface area contributed by atoms with Crippen LogP contribution in [0.4, 0.5) is 13.2 Å². The third-order valence-electron chi connectivity index (χ3n) is 3.88. The van der Waals surface area contributed by atoms with Crippen molar-refractivity contribution in [2.45, 2.75) is 32.2 Å². The van der Waals surface area contributed by atoms with Crippen LogP contribution in [0.3, 0.4) is 0 Å². The van der Waals surface area contributed by atoms with Gasteiger partial charge in [-0.3, -0.25) is 4.79 Å². The summed E-state index contributed by atoms with van der Waals surface area (Å²) in [5.74, 6) is -3.61. The summed E-state index contributed by atoms with van der Waals surface area (Å²) < 4.78 is 46.1. The van der Waals surface area contributed by atoms with Gasteiger partial charge in [0.1, 0.15) is 6.61 Å². The van der Waals surface area contributed by atoms with Gasteiger partial charge in [-0.15, -0.1) is 6.42 Å². The van der Waals surface area contributed by atoms with Crippen molar-refractivity contribution in [3.8, 4) is 18.1 Å². The number of ether oxygens (including phenoxy) is 1. The molecule has 1 aromatic rings. The molecule has 1 unspecified atom stereocenters. The molecule has 1 saturated carbocycles. The Hall–Kier alpha value is -2.16. The van der Waals surface area contributed by atoms with Crippen LogP contribution in [0.1, 0.15) is 36.5 Å². The predicted octanol–water partition coefficient (Wildman–Crippen LogP) is 3.03. The van der Waals surface area contributed by atoms with Gasteiger partial charge >= 0.3 is 0 Å². The van der Waals surface area contributed by atoms with Gasteiger partial charge in [0.15, 0.2) is 17.4 Å². The molecule has 0 radical (unpaired) electrons. The van der Waals surface area contributed by atoms with Gasteiger partial charge in [0.2, 0.25) is 5.82 Å². The van der Waals surface area contributed by atoms with Crippen molar-refractivity contribution in [2.24, 2.45) is 5.92 Å². The number of nitrogens with one attached hydrogen (secondary N) is 1. The van der Waals surface area contributed by atoms with Crippen molar-refractivity contribution < 1.29 is 22.7 Å². The SMILES string of the molecule is C#CCOc1c(F)cc(C(=O)NC(C)C2CCC2)c(F)c1F. The summed E-state index contributed by atoms with van der Waals surface area (Å²) >= 11 is 0. The summed E-state index contributed by atoms with van der Waals surface area (Å²) in [6.07, 6.45) is 7.96. The van der Waals surface area contributed by atoms with E-state index in [1.165, 1.54) is 0 Å². The molecule has 2 rings (SSSR count). The van der Waals surface area contributed by atoms with E-state index in [0.717, 1.165) is 19.3 Å². The number of carbonyl (C=O) groups is 1. The number of hydrogen-bond donors (Lipinski definition) is 1. The molecule has 0 saturated heterocycles. The van der Waals surface area contributed by atoms with Crippen molar-refractivity contribution in [3.05, 3.63) is 29.1 Å². The van der Waals surface area contributed by atoms with Crippen LogP contribution in [0.5, 0.6) is 5.75 Å². The minimum absolute atomic E-state index is 0.177. The van der Waals surface area contributed by atoms with E-state index in [0.29, 0.717) is 12.0 Å². The van der Waals surface area contributed by atoms with Crippen molar-refractivity contribution >= 4 is 5.91 Å².